The number of hydrogen-bond acceptors (Lipinski definition) is 3. The van der Waals surface area contributed by atoms with Gasteiger partial charge < -0.3 is 9.64 Å². The lowest BCUT2D eigenvalue weighted by molar-refractivity contribution is -0.141. The lowest BCUT2D eigenvalue weighted by atomic mass is 10.1. The zero-order valence-electron chi connectivity index (χ0n) is 11.7. The maximum atomic E-state index is 12.6. The summed E-state index contributed by atoms with van der Waals surface area (Å²) in [5.74, 6) is -1.03. The number of amides is 1. The van der Waals surface area contributed by atoms with Crippen LogP contribution >= 0.6 is 0 Å². The fourth-order valence-corrected chi connectivity index (χ4v) is 1.74. The normalized spacial score (nSPS) is 11.1. The molecule has 0 bridgehead atoms. The summed E-state index contributed by atoms with van der Waals surface area (Å²) in [6.07, 6.45) is -4.51. The van der Waals surface area contributed by atoms with Crippen LogP contribution in [0.2, 0.25) is 0 Å². The first kappa shape index (κ1) is 17.0. The molecule has 0 aliphatic carbocycles. The Bertz CT molecular complexity index is 514. The summed E-state index contributed by atoms with van der Waals surface area (Å²) in [4.78, 5) is 24.5. The first-order valence-corrected chi connectivity index (χ1v) is 6.33. The van der Waals surface area contributed by atoms with Crippen molar-refractivity contribution >= 4 is 11.9 Å². The monoisotopic (exact) mass is 303 g/mol. The predicted molar refractivity (Wildman–Crippen MR) is 69.7 cm³/mol. The highest BCUT2D eigenvalue weighted by atomic mass is 19.4. The summed E-state index contributed by atoms with van der Waals surface area (Å²) < 4.78 is 42.4. The van der Waals surface area contributed by atoms with E-state index in [1.807, 2.05) is 0 Å². The average molecular weight is 303 g/mol. The third kappa shape index (κ3) is 4.77. The third-order valence-corrected chi connectivity index (χ3v) is 2.92. The van der Waals surface area contributed by atoms with Gasteiger partial charge in [0.2, 0.25) is 0 Å². The molecule has 116 valence electrons. The Morgan fingerprint density at radius 2 is 1.95 bits per heavy atom. The standard InChI is InChI=1S/C14H16F3NO3/c1-3-18(8-7-12(19)21-2)13(20)10-5-4-6-11(9-10)14(15,16)17/h4-6,9H,3,7-8H2,1-2H3. The van der Waals surface area contributed by atoms with Crippen molar-refractivity contribution < 1.29 is 27.5 Å². The minimum absolute atomic E-state index is 0.00492. The van der Waals surface area contributed by atoms with Crippen LogP contribution in [0, 0.1) is 0 Å². The summed E-state index contributed by atoms with van der Waals surface area (Å²) in [5, 5.41) is 0. The van der Waals surface area contributed by atoms with Gasteiger partial charge in [0, 0.05) is 18.7 Å². The summed E-state index contributed by atoms with van der Waals surface area (Å²) in [5.41, 5.74) is -0.936. The third-order valence-electron chi connectivity index (χ3n) is 2.92. The van der Waals surface area contributed by atoms with E-state index in [1.165, 1.54) is 24.1 Å². The van der Waals surface area contributed by atoms with Crippen LogP contribution in [0.25, 0.3) is 0 Å². The lowest BCUT2D eigenvalue weighted by Crippen LogP contribution is -2.33. The molecule has 0 spiro atoms. The van der Waals surface area contributed by atoms with Gasteiger partial charge >= 0.3 is 12.1 Å². The van der Waals surface area contributed by atoms with Gasteiger partial charge in [-0.15, -0.1) is 0 Å². The molecule has 0 aliphatic heterocycles. The molecule has 0 fully saturated rings. The summed E-state index contributed by atoms with van der Waals surface area (Å²) >= 11 is 0. The van der Waals surface area contributed by atoms with Crippen molar-refractivity contribution in [2.75, 3.05) is 20.2 Å². The van der Waals surface area contributed by atoms with Gasteiger partial charge in [0.05, 0.1) is 19.1 Å². The molecule has 1 rings (SSSR count). The van der Waals surface area contributed by atoms with Crippen LogP contribution < -0.4 is 0 Å². The Labute approximate surface area is 120 Å². The Hall–Kier alpha value is -2.05. The maximum Gasteiger partial charge on any atom is 0.416 e. The molecular formula is C14H16F3NO3. The van der Waals surface area contributed by atoms with Gasteiger partial charge in [-0.05, 0) is 25.1 Å². The van der Waals surface area contributed by atoms with Crippen LogP contribution in [0.1, 0.15) is 29.3 Å². The molecule has 0 atom stereocenters. The van der Waals surface area contributed by atoms with Crippen LogP contribution in [0.3, 0.4) is 0 Å². The summed E-state index contributed by atoms with van der Waals surface area (Å²) in [7, 11) is 1.23. The van der Waals surface area contributed by atoms with E-state index < -0.39 is 23.6 Å². The molecule has 0 saturated carbocycles. The number of halogens is 3. The van der Waals surface area contributed by atoms with Gasteiger partial charge in [0.15, 0.2) is 0 Å². The number of alkyl halides is 3. The quantitative estimate of drug-likeness (QED) is 0.786. The minimum Gasteiger partial charge on any atom is -0.469 e. The molecule has 0 aliphatic rings. The molecule has 21 heavy (non-hydrogen) atoms. The molecule has 0 heterocycles. The van der Waals surface area contributed by atoms with Crippen molar-refractivity contribution in [3.8, 4) is 0 Å². The predicted octanol–water partition coefficient (Wildman–Crippen LogP) is 2.73. The van der Waals surface area contributed by atoms with Crippen LogP contribution in [0.5, 0.6) is 0 Å². The number of hydrogen-bond donors (Lipinski definition) is 0. The van der Waals surface area contributed by atoms with E-state index in [0.717, 1.165) is 12.1 Å². The number of rotatable bonds is 5. The fourth-order valence-electron chi connectivity index (χ4n) is 1.74. The first-order valence-electron chi connectivity index (χ1n) is 6.33. The Kier molecular flexibility index (Phi) is 5.75. The topological polar surface area (TPSA) is 46.6 Å². The molecule has 4 nitrogen and oxygen atoms in total. The Morgan fingerprint density at radius 3 is 2.48 bits per heavy atom. The van der Waals surface area contributed by atoms with Crippen LogP contribution in [0.4, 0.5) is 13.2 Å². The first-order chi connectivity index (χ1) is 9.79. The summed E-state index contributed by atoms with van der Waals surface area (Å²) in [6.45, 7) is 2.06. The van der Waals surface area contributed by atoms with Gasteiger partial charge in [-0.1, -0.05) is 6.07 Å². The molecular weight excluding hydrogens is 287 g/mol. The molecule has 0 aromatic heterocycles. The average Bonchev–Trinajstić information content (AvgIpc) is 2.46. The molecule has 0 unspecified atom stereocenters. The van der Waals surface area contributed by atoms with Crippen molar-refractivity contribution in [3.63, 3.8) is 0 Å². The zero-order valence-corrected chi connectivity index (χ0v) is 11.7. The van der Waals surface area contributed by atoms with E-state index >= 15 is 0 Å². The van der Waals surface area contributed by atoms with Gasteiger partial charge in [-0.3, -0.25) is 9.59 Å². The number of carbonyl (C=O) groups excluding carboxylic acids is 2. The van der Waals surface area contributed by atoms with Crippen molar-refractivity contribution in [1.29, 1.82) is 0 Å². The van der Waals surface area contributed by atoms with Crippen molar-refractivity contribution in [2.24, 2.45) is 0 Å². The van der Waals surface area contributed by atoms with E-state index in [4.69, 9.17) is 0 Å². The summed E-state index contributed by atoms with van der Waals surface area (Å²) in [6, 6.07) is 4.22. The van der Waals surface area contributed by atoms with E-state index in [9.17, 15) is 22.8 Å². The molecule has 0 radical (unpaired) electrons. The van der Waals surface area contributed by atoms with E-state index in [0.29, 0.717) is 0 Å². The number of carbonyl (C=O) groups is 2. The van der Waals surface area contributed by atoms with E-state index in [2.05, 4.69) is 4.74 Å². The highest BCUT2D eigenvalue weighted by Crippen LogP contribution is 2.29. The molecule has 7 heteroatoms. The minimum atomic E-state index is -4.50. The van der Waals surface area contributed by atoms with Gasteiger partial charge in [0.1, 0.15) is 0 Å². The number of esters is 1. The van der Waals surface area contributed by atoms with Crippen LogP contribution in [0.15, 0.2) is 24.3 Å². The van der Waals surface area contributed by atoms with Crippen molar-refractivity contribution in [3.05, 3.63) is 35.4 Å². The smallest absolute Gasteiger partial charge is 0.416 e. The van der Waals surface area contributed by atoms with Crippen LogP contribution in [-0.4, -0.2) is 37.0 Å². The van der Waals surface area contributed by atoms with Gasteiger partial charge in [-0.2, -0.15) is 13.2 Å². The highest BCUT2D eigenvalue weighted by Gasteiger charge is 2.31. The second-order valence-corrected chi connectivity index (χ2v) is 4.29. The maximum absolute atomic E-state index is 12.6. The molecule has 1 aromatic rings. The van der Waals surface area contributed by atoms with Crippen molar-refractivity contribution in [1.82, 2.24) is 4.90 Å². The van der Waals surface area contributed by atoms with Gasteiger partial charge in [0.25, 0.3) is 5.91 Å². The number of benzene rings is 1. The SMILES string of the molecule is CCN(CCC(=O)OC)C(=O)c1cccc(C(F)(F)F)c1. The lowest BCUT2D eigenvalue weighted by Gasteiger charge is -2.20. The number of methoxy groups -OCH3 is 1. The van der Waals surface area contributed by atoms with E-state index in [-0.39, 0.29) is 25.1 Å². The van der Waals surface area contributed by atoms with E-state index in [1.54, 1.807) is 6.92 Å². The Morgan fingerprint density at radius 1 is 1.29 bits per heavy atom. The zero-order chi connectivity index (χ0) is 16.0. The molecule has 0 saturated heterocycles. The number of ether oxygens (including phenoxy) is 1. The van der Waals surface area contributed by atoms with Gasteiger partial charge in [-0.25, -0.2) is 0 Å². The fraction of sp³-hybridized carbons (Fsp3) is 0.429. The van der Waals surface area contributed by atoms with Crippen molar-refractivity contribution in [2.45, 2.75) is 19.5 Å². The second-order valence-electron chi connectivity index (χ2n) is 4.29. The second kappa shape index (κ2) is 7.10. The largest absolute Gasteiger partial charge is 0.469 e. The molecule has 1 amide bonds. The van der Waals surface area contributed by atoms with Crippen LogP contribution in [-0.2, 0) is 15.7 Å². The number of nitrogens with zero attached hydrogens (tertiary/aromatic N) is 1. The molecule has 1 aromatic carbocycles. The Balaban J connectivity index is 2.87. The highest BCUT2D eigenvalue weighted by molar-refractivity contribution is 5.94. The molecule has 0 N–H and O–H groups in total.